The van der Waals surface area contributed by atoms with Crippen LogP contribution >= 0.6 is 11.6 Å². The topological polar surface area (TPSA) is 55.5 Å². The third-order valence-corrected chi connectivity index (χ3v) is 2.82. The maximum Gasteiger partial charge on any atom is 0.156 e. The number of rotatable bonds is 6. The van der Waals surface area contributed by atoms with E-state index in [1.165, 1.54) is 0 Å². The summed E-state index contributed by atoms with van der Waals surface area (Å²) in [7, 11) is 0. The fourth-order valence-electron chi connectivity index (χ4n) is 1.87. The molecule has 2 unspecified atom stereocenters. The van der Waals surface area contributed by atoms with Gasteiger partial charge in [0.2, 0.25) is 0 Å². The summed E-state index contributed by atoms with van der Waals surface area (Å²) in [4.78, 5) is 0. The van der Waals surface area contributed by atoms with Gasteiger partial charge in [-0.05, 0) is 38.5 Å². The second-order valence-corrected chi connectivity index (χ2v) is 5.78. The zero-order chi connectivity index (χ0) is 13.8. The Morgan fingerprint density at radius 3 is 2.39 bits per heavy atom. The molecule has 0 aliphatic heterocycles. The van der Waals surface area contributed by atoms with Crippen LogP contribution in [0.15, 0.2) is 24.3 Å². The van der Waals surface area contributed by atoms with Gasteiger partial charge in [0.25, 0.3) is 0 Å². The zero-order valence-corrected chi connectivity index (χ0v) is 11.9. The molecule has 0 aromatic heterocycles. The molecule has 0 spiro atoms. The van der Waals surface area contributed by atoms with Gasteiger partial charge in [-0.15, -0.1) is 0 Å². The van der Waals surface area contributed by atoms with Gasteiger partial charge in [0.05, 0.1) is 5.60 Å². The number of ether oxygens (including phenoxy) is 1. The van der Waals surface area contributed by atoms with Gasteiger partial charge < -0.3 is 15.6 Å². The Labute approximate surface area is 114 Å². The Kier molecular flexibility index (Phi) is 5.60. The van der Waals surface area contributed by atoms with Gasteiger partial charge in [0.15, 0.2) is 6.29 Å². The Balaban J connectivity index is 2.55. The SMILES string of the molecule is CC(N)CC(O)OC(C)(C)Cc1ccc(Cl)cc1. The molecule has 0 fully saturated rings. The van der Waals surface area contributed by atoms with Crippen molar-refractivity contribution in [2.45, 2.75) is 51.5 Å². The van der Waals surface area contributed by atoms with E-state index >= 15 is 0 Å². The molecular formula is C14H22ClNO2. The molecule has 0 bridgehead atoms. The van der Waals surface area contributed by atoms with Crippen LogP contribution in [0.1, 0.15) is 32.8 Å². The monoisotopic (exact) mass is 271 g/mol. The fraction of sp³-hybridized carbons (Fsp3) is 0.571. The molecule has 1 aromatic rings. The van der Waals surface area contributed by atoms with Crippen molar-refractivity contribution < 1.29 is 9.84 Å². The first-order chi connectivity index (χ1) is 8.28. The molecule has 0 radical (unpaired) electrons. The number of aliphatic hydroxyl groups is 1. The van der Waals surface area contributed by atoms with Crippen LogP contribution in [0.5, 0.6) is 0 Å². The van der Waals surface area contributed by atoms with Crippen LogP contribution in [0.3, 0.4) is 0 Å². The van der Waals surface area contributed by atoms with Crippen molar-refractivity contribution in [2.24, 2.45) is 5.73 Å². The van der Waals surface area contributed by atoms with Crippen molar-refractivity contribution in [3.8, 4) is 0 Å². The molecule has 3 nitrogen and oxygen atoms in total. The molecule has 0 saturated heterocycles. The van der Waals surface area contributed by atoms with Crippen LogP contribution in [-0.2, 0) is 11.2 Å². The predicted molar refractivity (Wildman–Crippen MR) is 74.6 cm³/mol. The Bertz CT molecular complexity index is 363. The van der Waals surface area contributed by atoms with E-state index in [1.54, 1.807) is 0 Å². The largest absolute Gasteiger partial charge is 0.368 e. The first-order valence-corrected chi connectivity index (χ1v) is 6.52. The molecule has 0 amide bonds. The van der Waals surface area contributed by atoms with Crippen LogP contribution < -0.4 is 5.73 Å². The number of halogens is 1. The lowest BCUT2D eigenvalue weighted by molar-refractivity contribution is -0.175. The van der Waals surface area contributed by atoms with Gasteiger partial charge in [-0.25, -0.2) is 0 Å². The van der Waals surface area contributed by atoms with Gasteiger partial charge >= 0.3 is 0 Å². The minimum atomic E-state index is -0.827. The Morgan fingerprint density at radius 1 is 1.33 bits per heavy atom. The first-order valence-electron chi connectivity index (χ1n) is 6.14. The summed E-state index contributed by atoms with van der Waals surface area (Å²) < 4.78 is 5.63. The lowest BCUT2D eigenvalue weighted by Gasteiger charge is -2.29. The number of hydrogen-bond donors (Lipinski definition) is 2. The third-order valence-electron chi connectivity index (χ3n) is 2.57. The maximum atomic E-state index is 9.75. The van der Waals surface area contributed by atoms with Crippen LogP contribution in [0.4, 0.5) is 0 Å². The lowest BCUT2D eigenvalue weighted by atomic mass is 9.98. The molecule has 0 aliphatic rings. The molecule has 4 heteroatoms. The maximum absolute atomic E-state index is 9.75. The number of nitrogens with two attached hydrogens (primary N) is 1. The Hall–Kier alpha value is -0.610. The zero-order valence-electron chi connectivity index (χ0n) is 11.2. The minimum absolute atomic E-state index is 0.0775. The van der Waals surface area contributed by atoms with Crippen LogP contribution in [0.25, 0.3) is 0 Å². The van der Waals surface area contributed by atoms with Crippen LogP contribution in [0.2, 0.25) is 5.02 Å². The van der Waals surface area contributed by atoms with E-state index in [-0.39, 0.29) is 6.04 Å². The van der Waals surface area contributed by atoms with Gasteiger partial charge in [0.1, 0.15) is 0 Å². The summed E-state index contributed by atoms with van der Waals surface area (Å²) in [6.45, 7) is 5.75. The summed E-state index contributed by atoms with van der Waals surface area (Å²) in [5.41, 5.74) is 6.31. The highest BCUT2D eigenvalue weighted by molar-refractivity contribution is 6.30. The molecule has 0 aliphatic carbocycles. The molecular weight excluding hydrogens is 250 g/mol. The van der Waals surface area contributed by atoms with Gasteiger partial charge in [0, 0.05) is 23.9 Å². The molecule has 2 atom stereocenters. The molecule has 102 valence electrons. The minimum Gasteiger partial charge on any atom is -0.368 e. The summed E-state index contributed by atoms with van der Waals surface area (Å²) in [5.74, 6) is 0. The van der Waals surface area contributed by atoms with Crippen molar-refractivity contribution >= 4 is 11.6 Å². The highest BCUT2D eigenvalue weighted by Crippen LogP contribution is 2.21. The van der Waals surface area contributed by atoms with Gasteiger partial charge in [-0.3, -0.25) is 0 Å². The van der Waals surface area contributed by atoms with Crippen molar-refractivity contribution in [3.63, 3.8) is 0 Å². The summed E-state index contributed by atoms with van der Waals surface area (Å²) in [5, 5.41) is 10.5. The normalized spacial score (nSPS) is 15.4. The smallest absolute Gasteiger partial charge is 0.156 e. The first kappa shape index (κ1) is 15.4. The van der Waals surface area contributed by atoms with Gasteiger partial charge in [-0.2, -0.15) is 0 Å². The summed E-state index contributed by atoms with van der Waals surface area (Å²) in [6.07, 6.45) is 0.317. The standard InChI is InChI=1S/C14H22ClNO2/c1-10(16)8-13(17)18-14(2,3)9-11-4-6-12(15)7-5-11/h4-7,10,13,17H,8-9,16H2,1-3H3. The molecule has 3 N–H and O–H groups in total. The number of benzene rings is 1. The van der Waals surface area contributed by atoms with Gasteiger partial charge in [-0.1, -0.05) is 23.7 Å². The number of aliphatic hydroxyl groups excluding tert-OH is 1. The van der Waals surface area contributed by atoms with E-state index in [0.29, 0.717) is 12.8 Å². The highest BCUT2D eigenvalue weighted by Gasteiger charge is 2.23. The number of hydrogen-bond acceptors (Lipinski definition) is 3. The van der Waals surface area contributed by atoms with Crippen molar-refractivity contribution in [1.29, 1.82) is 0 Å². The molecule has 0 heterocycles. The Morgan fingerprint density at radius 2 is 1.89 bits per heavy atom. The molecule has 1 aromatic carbocycles. The van der Waals surface area contributed by atoms with E-state index in [9.17, 15) is 5.11 Å². The second kappa shape index (κ2) is 6.53. The quantitative estimate of drug-likeness (QED) is 0.782. The average Bonchev–Trinajstić information content (AvgIpc) is 2.18. The lowest BCUT2D eigenvalue weighted by Crippen LogP contribution is -2.35. The van der Waals surface area contributed by atoms with Crippen LogP contribution in [0, 0.1) is 0 Å². The molecule has 18 heavy (non-hydrogen) atoms. The summed E-state index contributed by atoms with van der Waals surface area (Å²) in [6, 6.07) is 7.55. The molecule has 1 rings (SSSR count). The molecule has 0 saturated carbocycles. The van der Waals surface area contributed by atoms with Crippen molar-refractivity contribution in [3.05, 3.63) is 34.9 Å². The average molecular weight is 272 g/mol. The van der Waals surface area contributed by atoms with Crippen molar-refractivity contribution in [2.75, 3.05) is 0 Å². The summed E-state index contributed by atoms with van der Waals surface area (Å²) >= 11 is 5.84. The highest BCUT2D eigenvalue weighted by atomic mass is 35.5. The second-order valence-electron chi connectivity index (χ2n) is 5.35. The van der Waals surface area contributed by atoms with Crippen molar-refractivity contribution in [1.82, 2.24) is 0 Å². The fourth-order valence-corrected chi connectivity index (χ4v) is 2.00. The van der Waals surface area contributed by atoms with Crippen LogP contribution in [-0.4, -0.2) is 23.0 Å². The van der Waals surface area contributed by atoms with E-state index in [0.717, 1.165) is 10.6 Å². The van der Waals surface area contributed by atoms with E-state index in [1.807, 2.05) is 45.0 Å². The van der Waals surface area contributed by atoms with E-state index in [2.05, 4.69) is 0 Å². The van der Waals surface area contributed by atoms with E-state index in [4.69, 9.17) is 22.1 Å². The third kappa shape index (κ3) is 5.83. The predicted octanol–water partition coefficient (Wildman–Crippen LogP) is 2.73. The van der Waals surface area contributed by atoms with E-state index < -0.39 is 11.9 Å².